The van der Waals surface area contributed by atoms with E-state index in [2.05, 4.69) is 11.4 Å². The number of amides is 1. The van der Waals surface area contributed by atoms with Gasteiger partial charge in [-0.3, -0.25) is 4.79 Å². The summed E-state index contributed by atoms with van der Waals surface area (Å²) in [5, 5.41) is 12.8. The lowest BCUT2D eigenvalue weighted by atomic mass is 9.87. The zero-order valence-electron chi connectivity index (χ0n) is 15.0. The Balaban J connectivity index is 1.65. The lowest BCUT2D eigenvalue weighted by Crippen LogP contribution is -2.39. The van der Waals surface area contributed by atoms with Crippen molar-refractivity contribution < 1.29 is 19.4 Å². The minimum atomic E-state index is -0.948. The van der Waals surface area contributed by atoms with E-state index in [4.69, 9.17) is 4.74 Å². The van der Waals surface area contributed by atoms with Crippen LogP contribution in [0, 0.1) is 6.92 Å². The van der Waals surface area contributed by atoms with Gasteiger partial charge in [-0.05, 0) is 56.4 Å². The lowest BCUT2D eigenvalue weighted by molar-refractivity contribution is -0.130. The molecule has 0 bridgehead atoms. The first-order valence-corrected chi connectivity index (χ1v) is 8.84. The number of aryl methyl sites for hydroxylation is 2. The van der Waals surface area contributed by atoms with Crippen LogP contribution in [-0.2, 0) is 16.0 Å². The Labute approximate surface area is 153 Å². The molecule has 0 aromatic heterocycles. The smallest absolute Gasteiger partial charge is 0.342 e. The summed E-state index contributed by atoms with van der Waals surface area (Å²) in [6, 6.07) is 12.7. The molecule has 2 N–H and O–H groups in total. The Morgan fingerprint density at radius 3 is 2.81 bits per heavy atom. The van der Waals surface area contributed by atoms with Crippen LogP contribution in [0.2, 0.25) is 0 Å². The normalized spacial score (nSPS) is 17.1. The number of hydrogen-bond acceptors (Lipinski definition) is 4. The van der Waals surface area contributed by atoms with Crippen molar-refractivity contribution in [2.24, 2.45) is 0 Å². The second kappa shape index (κ2) is 7.60. The number of phenolic OH excluding ortho intramolecular Hbond substituents is 1. The van der Waals surface area contributed by atoms with E-state index in [1.54, 1.807) is 12.1 Å². The number of esters is 1. The minimum absolute atomic E-state index is 0.0627. The van der Waals surface area contributed by atoms with E-state index < -0.39 is 12.1 Å². The highest BCUT2D eigenvalue weighted by atomic mass is 16.5. The van der Waals surface area contributed by atoms with Gasteiger partial charge in [0.2, 0.25) is 0 Å². The molecule has 2 aromatic carbocycles. The molecule has 0 saturated carbocycles. The number of ether oxygens (including phenoxy) is 1. The third kappa shape index (κ3) is 3.87. The minimum Gasteiger partial charge on any atom is -0.507 e. The van der Waals surface area contributed by atoms with Crippen LogP contribution in [0.25, 0.3) is 0 Å². The van der Waals surface area contributed by atoms with E-state index in [9.17, 15) is 14.7 Å². The molecule has 0 aliphatic heterocycles. The number of rotatable bonds is 4. The van der Waals surface area contributed by atoms with Crippen LogP contribution < -0.4 is 5.32 Å². The van der Waals surface area contributed by atoms with Crippen LogP contribution in [-0.4, -0.2) is 23.1 Å². The number of nitrogens with one attached hydrogen (secondary N) is 1. The largest absolute Gasteiger partial charge is 0.507 e. The third-order valence-electron chi connectivity index (χ3n) is 4.71. The molecule has 2 aromatic rings. The maximum Gasteiger partial charge on any atom is 0.342 e. The van der Waals surface area contributed by atoms with E-state index in [-0.39, 0.29) is 23.3 Å². The maximum atomic E-state index is 12.5. The predicted octanol–water partition coefficient (Wildman–Crippen LogP) is 3.44. The summed E-state index contributed by atoms with van der Waals surface area (Å²) in [7, 11) is 0. The number of phenols is 1. The second-order valence-electron chi connectivity index (χ2n) is 6.72. The molecule has 0 radical (unpaired) electrons. The van der Waals surface area contributed by atoms with Crippen molar-refractivity contribution in [2.45, 2.75) is 45.3 Å². The summed E-state index contributed by atoms with van der Waals surface area (Å²) in [4.78, 5) is 24.7. The molecule has 26 heavy (non-hydrogen) atoms. The zero-order chi connectivity index (χ0) is 18.7. The quantitative estimate of drug-likeness (QED) is 0.826. The van der Waals surface area contributed by atoms with Crippen LogP contribution >= 0.6 is 0 Å². The molecule has 0 unspecified atom stereocenters. The molecule has 1 amide bonds. The molecular formula is C21H23NO4. The van der Waals surface area contributed by atoms with E-state index in [0.717, 1.165) is 30.4 Å². The average Bonchev–Trinajstić information content (AvgIpc) is 2.63. The van der Waals surface area contributed by atoms with Crippen LogP contribution in [0.5, 0.6) is 5.75 Å². The van der Waals surface area contributed by atoms with E-state index in [1.165, 1.54) is 18.6 Å². The summed E-state index contributed by atoms with van der Waals surface area (Å²) in [6.45, 7) is 3.35. The molecule has 3 rings (SSSR count). The van der Waals surface area contributed by atoms with Crippen molar-refractivity contribution in [1.29, 1.82) is 0 Å². The zero-order valence-corrected chi connectivity index (χ0v) is 15.0. The first kappa shape index (κ1) is 18.0. The summed E-state index contributed by atoms with van der Waals surface area (Å²) >= 11 is 0. The van der Waals surface area contributed by atoms with Gasteiger partial charge in [0.25, 0.3) is 5.91 Å². The molecule has 136 valence electrons. The van der Waals surface area contributed by atoms with Crippen LogP contribution in [0.1, 0.15) is 52.9 Å². The van der Waals surface area contributed by atoms with E-state index >= 15 is 0 Å². The second-order valence-corrected chi connectivity index (χ2v) is 6.72. The van der Waals surface area contributed by atoms with E-state index in [1.807, 2.05) is 25.1 Å². The number of carbonyl (C=O) groups is 2. The summed E-state index contributed by atoms with van der Waals surface area (Å²) < 4.78 is 5.25. The number of hydrogen-bond donors (Lipinski definition) is 2. The lowest BCUT2D eigenvalue weighted by Gasteiger charge is -2.27. The summed E-state index contributed by atoms with van der Waals surface area (Å²) in [5.74, 6) is -1.21. The van der Waals surface area contributed by atoms with Crippen molar-refractivity contribution in [3.63, 3.8) is 0 Å². The average molecular weight is 353 g/mol. The highest BCUT2D eigenvalue weighted by Gasteiger charge is 2.26. The number of carbonyl (C=O) groups excluding carboxylic acids is 2. The number of benzene rings is 2. The molecule has 0 fully saturated rings. The Kier molecular flexibility index (Phi) is 5.26. The highest BCUT2D eigenvalue weighted by molar-refractivity contribution is 5.94. The van der Waals surface area contributed by atoms with Gasteiger partial charge in [0.15, 0.2) is 6.10 Å². The highest BCUT2D eigenvalue weighted by Crippen LogP contribution is 2.29. The summed E-state index contributed by atoms with van der Waals surface area (Å²) in [6.07, 6.45) is 1.94. The molecule has 2 atom stereocenters. The van der Waals surface area contributed by atoms with Gasteiger partial charge < -0.3 is 15.2 Å². The van der Waals surface area contributed by atoms with Crippen LogP contribution in [0.4, 0.5) is 0 Å². The van der Waals surface area contributed by atoms with Gasteiger partial charge in [-0.2, -0.15) is 0 Å². The Morgan fingerprint density at radius 2 is 2.00 bits per heavy atom. The van der Waals surface area contributed by atoms with Crippen molar-refractivity contribution in [2.75, 3.05) is 0 Å². The molecule has 5 nitrogen and oxygen atoms in total. The Bertz CT molecular complexity index is 831. The molecule has 5 heteroatoms. The maximum absolute atomic E-state index is 12.5. The molecule has 1 aliphatic rings. The fourth-order valence-electron chi connectivity index (χ4n) is 3.28. The molecule has 0 saturated heterocycles. The predicted molar refractivity (Wildman–Crippen MR) is 98.0 cm³/mol. The van der Waals surface area contributed by atoms with Crippen LogP contribution in [0.3, 0.4) is 0 Å². The van der Waals surface area contributed by atoms with Crippen molar-refractivity contribution >= 4 is 11.9 Å². The molecular weight excluding hydrogens is 330 g/mol. The Morgan fingerprint density at radius 1 is 1.23 bits per heavy atom. The molecule has 1 aliphatic carbocycles. The van der Waals surface area contributed by atoms with Gasteiger partial charge in [-0.15, -0.1) is 0 Å². The topological polar surface area (TPSA) is 75.6 Å². The van der Waals surface area contributed by atoms with Crippen molar-refractivity contribution in [3.8, 4) is 5.75 Å². The standard InChI is InChI=1S/C21H23NO4/c1-13-10-11-19(23)17(12-13)21(25)26-14(2)20(24)22-18-9-5-7-15-6-3-4-8-16(15)18/h3-4,6,8,10-12,14,18,23H,5,7,9H2,1-2H3,(H,22,24)/t14-,18+/m0/s1. The van der Waals surface area contributed by atoms with Crippen molar-refractivity contribution in [3.05, 3.63) is 64.7 Å². The van der Waals surface area contributed by atoms with Gasteiger partial charge in [0.1, 0.15) is 11.3 Å². The summed E-state index contributed by atoms with van der Waals surface area (Å²) in [5.41, 5.74) is 3.26. The van der Waals surface area contributed by atoms with Gasteiger partial charge in [0, 0.05) is 0 Å². The van der Waals surface area contributed by atoms with Gasteiger partial charge >= 0.3 is 5.97 Å². The fourth-order valence-corrected chi connectivity index (χ4v) is 3.28. The van der Waals surface area contributed by atoms with Crippen LogP contribution in [0.15, 0.2) is 42.5 Å². The third-order valence-corrected chi connectivity index (χ3v) is 4.71. The number of aromatic hydroxyl groups is 1. The fraction of sp³-hybridized carbons (Fsp3) is 0.333. The van der Waals surface area contributed by atoms with E-state index in [0.29, 0.717) is 0 Å². The number of fused-ring (bicyclic) bond motifs is 1. The molecule has 0 spiro atoms. The van der Waals surface area contributed by atoms with Gasteiger partial charge in [-0.1, -0.05) is 35.9 Å². The SMILES string of the molecule is Cc1ccc(O)c(C(=O)O[C@@H](C)C(=O)N[C@@H]2CCCc3ccccc32)c1. The first-order chi connectivity index (χ1) is 12.5. The monoisotopic (exact) mass is 353 g/mol. The van der Waals surface area contributed by atoms with Crippen molar-refractivity contribution in [1.82, 2.24) is 5.32 Å². The Hall–Kier alpha value is -2.82. The molecule has 0 heterocycles. The van der Waals surface area contributed by atoms with Gasteiger partial charge in [-0.25, -0.2) is 4.79 Å². The van der Waals surface area contributed by atoms with Gasteiger partial charge in [0.05, 0.1) is 6.04 Å². The first-order valence-electron chi connectivity index (χ1n) is 8.84.